The molecule has 2 rings (SSSR count). The van der Waals surface area contributed by atoms with Crippen LogP contribution in [0.5, 0.6) is 0 Å². The molecule has 0 aromatic carbocycles. The molecule has 1 saturated carbocycles. The molecule has 6 heteroatoms. The Balaban J connectivity index is 2.05. The van der Waals surface area contributed by atoms with E-state index in [9.17, 15) is 13.6 Å². The van der Waals surface area contributed by atoms with Gasteiger partial charge in [-0.15, -0.1) is 0 Å². The van der Waals surface area contributed by atoms with Gasteiger partial charge in [0.2, 0.25) is 5.92 Å². The van der Waals surface area contributed by atoms with Gasteiger partial charge in [0.05, 0.1) is 5.69 Å². The summed E-state index contributed by atoms with van der Waals surface area (Å²) in [5, 5.41) is 0. The summed E-state index contributed by atoms with van der Waals surface area (Å²) in [6.07, 6.45) is 0.328. The van der Waals surface area contributed by atoms with E-state index in [0.29, 0.717) is 24.2 Å². The van der Waals surface area contributed by atoms with E-state index in [1.165, 1.54) is 4.90 Å². The Morgan fingerprint density at radius 2 is 2.10 bits per heavy atom. The third kappa shape index (κ3) is 3.30. The van der Waals surface area contributed by atoms with E-state index in [1.54, 1.807) is 25.2 Å². The second-order valence-corrected chi connectivity index (χ2v) is 5.22. The lowest BCUT2D eigenvalue weighted by molar-refractivity contribution is -0.0490. The van der Waals surface area contributed by atoms with Crippen LogP contribution in [0.2, 0.25) is 0 Å². The van der Waals surface area contributed by atoms with Gasteiger partial charge in [-0.05, 0) is 25.0 Å². The first kappa shape index (κ1) is 14.8. The average Bonchev–Trinajstić information content (AvgIpc) is 2.46. The van der Waals surface area contributed by atoms with Gasteiger partial charge in [-0.2, -0.15) is 0 Å². The third-order valence-corrected chi connectivity index (χ3v) is 3.79. The molecule has 1 aromatic rings. The predicted octanol–water partition coefficient (Wildman–Crippen LogP) is 2.19. The van der Waals surface area contributed by atoms with Crippen LogP contribution in [0.3, 0.4) is 0 Å². The molecule has 2 N–H and O–H groups in total. The van der Waals surface area contributed by atoms with Crippen molar-refractivity contribution in [2.75, 3.05) is 7.05 Å². The standard InChI is InChI=1S/C14H19F2N3O/c1-19(11-5-7-14(15,16)8-6-11)13(20)12-4-2-3-10(9-17)18-12/h2-4,11H,5-9,17H2,1H3. The highest BCUT2D eigenvalue weighted by atomic mass is 19.3. The van der Waals surface area contributed by atoms with Crippen molar-refractivity contribution in [2.24, 2.45) is 5.73 Å². The van der Waals surface area contributed by atoms with Gasteiger partial charge < -0.3 is 10.6 Å². The minimum absolute atomic E-state index is 0.148. The van der Waals surface area contributed by atoms with Crippen molar-refractivity contribution in [2.45, 2.75) is 44.2 Å². The number of hydrogen-bond acceptors (Lipinski definition) is 3. The number of rotatable bonds is 3. The minimum Gasteiger partial charge on any atom is -0.337 e. The van der Waals surface area contributed by atoms with Gasteiger partial charge in [0.1, 0.15) is 5.69 Å². The monoisotopic (exact) mass is 283 g/mol. The lowest BCUT2D eigenvalue weighted by Gasteiger charge is -2.34. The van der Waals surface area contributed by atoms with Crippen molar-refractivity contribution >= 4 is 5.91 Å². The fourth-order valence-corrected chi connectivity index (χ4v) is 2.47. The van der Waals surface area contributed by atoms with Crippen LogP contribution >= 0.6 is 0 Å². The quantitative estimate of drug-likeness (QED) is 0.925. The molecule has 1 aromatic heterocycles. The number of amides is 1. The topological polar surface area (TPSA) is 59.2 Å². The maximum Gasteiger partial charge on any atom is 0.272 e. The number of carbonyl (C=O) groups is 1. The molecule has 1 aliphatic carbocycles. The fraction of sp³-hybridized carbons (Fsp3) is 0.571. The Hall–Kier alpha value is -1.56. The van der Waals surface area contributed by atoms with Crippen LogP contribution in [0, 0.1) is 0 Å². The van der Waals surface area contributed by atoms with Crippen molar-refractivity contribution < 1.29 is 13.6 Å². The summed E-state index contributed by atoms with van der Waals surface area (Å²) in [6, 6.07) is 4.95. The second kappa shape index (κ2) is 5.83. The molecule has 1 aliphatic rings. The molecule has 20 heavy (non-hydrogen) atoms. The molecule has 110 valence electrons. The lowest BCUT2D eigenvalue weighted by atomic mass is 9.91. The summed E-state index contributed by atoms with van der Waals surface area (Å²) in [5.74, 6) is -2.83. The predicted molar refractivity (Wildman–Crippen MR) is 71.4 cm³/mol. The first-order valence-corrected chi connectivity index (χ1v) is 6.74. The van der Waals surface area contributed by atoms with Gasteiger partial charge in [0.25, 0.3) is 5.91 Å². The smallest absolute Gasteiger partial charge is 0.272 e. The highest BCUT2D eigenvalue weighted by molar-refractivity contribution is 5.92. The summed E-state index contributed by atoms with van der Waals surface area (Å²) in [6.45, 7) is 0.264. The molecule has 1 amide bonds. The number of carbonyl (C=O) groups excluding carboxylic acids is 1. The number of nitrogens with two attached hydrogens (primary N) is 1. The van der Waals surface area contributed by atoms with Crippen LogP contribution in [0.15, 0.2) is 18.2 Å². The van der Waals surface area contributed by atoms with Crippen LogP contribution in [0.1, 0.15) is 41.9 Å². The van der Waals surface area contributed by atoms with Gasteiger partial charge in [-0.25, -0.2) is 13.8 Å². The van der Waals surface area contributed by atoms with E-state index >= 15 is 0 Å². The normalized spacial score (nSPS) is 18.8. The van der Waals surface area contributed by atoms with E-state index in [1.807, 2.05) is 0 Å². The molecule has 4 nitrogen and oxygen atoms in total. The maximum absolute atomic E-state index is 13.1. The largest absolute Gasteiger partial charge is 0.337 e. The van der Waals surface area contributed by atoms with Gasteiger partial charge in [0, 0.05) is 32.5 Å². The van der Waals surface area contributed by atoms with E-state index in [4.69, 9.17) is 5.73 Å². The van der Waals surface area contributed by atoms with Crippen LogP contribution in [0.4, 0.5) is 8.78 Å². The first-order chi connectivity index (χ1) is 9.43. The average molecular weight is 283 g/mol. The van der Waals surface area contributed by atoms with Crippen molar-refractivity contribution in [3.05, 3.63) is 29.6 Å². The lowest BCUT2D eigenvalue weighted by Crippen LogP contribution is -2.42. The molecule has 1 heterocycles. The van der Waals surface area contributed by atoms with Crippen molar-refractivity contribution in [1.82, 2.24) is 9.88 Å². The Morgan fingerprint density at radius 3 is 2.70 bits per heavy atom. The van der Waals surface area contributed by atoms with E-state index in [0.717, 1.165) is 0 Å². The molecule has 0 saturated heterocycles. The number of halogens is 2. The molecule has 1 fully saturated rings. The van der Waals surface area contributed by atoms with E-state index in [-0.39, 0.29) is 31.3 Å². The third-order valence-electron chi connectivity index (χ3n) is 3.79. The number of aromatic nitrogens is 1. The summed E-state index contributed by atoms with van der Waals surface area (Å²) in [4.78, 5) is 18.0. The summed E-state index contributed by atoms with van der Waals surface area (Å²) >= 11 is 0. The van der Waals surface area contributed by atoms with Gasteiger partial charge >= 0.3 is 0 Å². The second-order valence-electron chi connectivity index (χ2n) is 5.22. The zero-order valence-electron chi connectivity index (χ0n) is 11.5. The Morgan fingerprint density at radius 1 is 1.45 bits per heavy atom. The van der Waals surface area contributed by atoms with Gasteiger partial charge in [0.15, 0.2) is 0 Å². The molecular weight excluding hydrogens is 264 g/mol. The van der Waals surface area contributed by atoms with Crippen LogP contribution in [0.25, 0.3) is 0 Å². The van der Waals surface area contributed by atoms with Crippen LogP contribution in [-0.2, 0) is 6.54 Å². The van der Waals surface area contributed by atoms with Gasteiger partial charge in [-0.3, -0.25) is 4.79 Å². The molecule has 0 atom stereocenters. The zero-order valence-corrected chi connectivity index (χ0v) is 11.5. The van der Waals surface area contributed by atoms with E-state index in [2.05, 4.69) is 4.98 Å². The van der Waals surface area contributed by atoms with E-state index < -0.39 is 5.92 Å². The molecule has 0 bridgehead atoms. The highest BCUT2D eigenvalue weighted by Crippen LogP contribution is 2.34. The highest BCUT2D eigenvalue weighted by Gasteiger charge is 2.37. The van der Waals surface area contributed by atoms with Crippen molar-refractivity contribution in [1.29, 1.82) is 0 Å². The minimum atomic E-state index is -2.59. The number of nitrogens with zero attached hydrogens (tertiary/aromatic N) is 2. The fourth-order valence-electron chi connectivity index (χ4n) is 2.47. The molecule has 0 unspecified atom stereocenters. The summed E-state index contributed by atoms with van der Waals surface area (Å²) < 4.78 is 26.3. The zero-order chi connectivity index (χ0) is 14.8. The summed E-state index contributed by atoms with van der Waals surface area (Å²) in [5.41, 5.74) is 6.45. The number of alkyl halides is 2. The first-order valence-electron chi connectivity index (χ1n) is 6.74. The van der Waals surface area contributed by atoms with Crippen molar-refractivity contribution in [3.8, 4) is 0 Å². The summed E-state index contributed by atoms with van der Waals surface area (Å²) in [7, 11) is 1.65. The van der Waals surface area contributed by atoms with Crippen LogP contribution in [-0.4, -0.2) is 34.8 Å². The molecule has 0 aliphatic heterocycles. The molecule has 0 spiro atoms. The maximum atomic E-state index is 13.1. The Labute approximate surface area is 117 Å². The molecule has 0 radical (unpaired) electrons. The van der Waals surface area contributed by atoms with Gasteiger partial charge in [-0.1, -0.05) is 6.07 Å². The SMILES string of the molecule is CN(C(=O)c1cccc(CN)n1)C1CCC(F)(F)CC1. The molecular formula is C14H19F2N3O. The number of hydrogen-bond donors (Lipinski definition) is 1. The Kier molecular flexibility index (Phi) is 4.32. The number of pyridine rings is 1. The van der Waals surface area contributed by atoms with Crippen molar-refractivity contribution in [3.63, 3.8) is 0 Å². The van der Waals surface area contributed by atoms with Crippen LogP contribution < -0.4 is 5.73 Å². The Bertz CT molecular complexity index is 483.